The van der Waals surface area contributed by atoms with E-state index in [1.165, 1.54) is 5.56 Å². The molecule has 0 amide bonds. The van der Waals surface area contributed by atoms with Gasteiger partial charge >= 0.3 is 0 Å². The Morgan fingerprint density at radius 1 is 0.914 bits per heavy atom. The van der Waals surface area contributed by atoms with E-state index in [-0.39, 0.29) is 12.5 Å². The molecule has 5 nitrogen and oxygen atoms in total. The van der Waals surface area contributed by atoms with Crippen LogP contribution in [0.1, 0.15) is 23.4 Å². The molecule has 0 radical (unpaired) electrons. The molecule has 1 aromatic heterocycles. The first kappa shape index (κ1) is 24.6. The fourth-order valence-corrected chi connectivity index (χ4v) is 4.12. The van der Waals surface area contributed by atoms with Crippen LogP contribution < -0.4 is 4.74 Å². The molecule has 3 aromatic carbocycles. The lowest BCUT2D eigenvalue weighted by atomic mass is 9.96. The maximum absolute atomic E-state index is 9.41. The summed E-state index contributed by atoms with van der Waals surface area (Å²) >= 11 is 1.69. The molecule has 6 heteroatoms. The molecular formula is C29H28N2O3S. The summed E-state index contributed by atoms with van der Waals surface area (Å²) in [5.74, 6) is 10.1. The Labute approximate surface area is 210 Å². The number of thioether (sulfide) groups is 1. The van der Waals surface area contributed by atoms with Crippen molar-refractivity contribution in [2.45, 2.75) is 18.6 Å². The van der Waals surface area contributed by atoms with Crippen molar-refractivity contribution < 1.29 is 14.3 Å². The van der Waals surface area contributed by atoms with Crippen molar-refractivity contribution in [2.75, 3.05) is 19.0 Å². The summed E-state index contributed by atoms with van der Waals surface area (Å²) in [6, 6.07) is 27.8. The minimum absolute atomic E-state index is 0.108. The number of benzene rings is 3. The van der Waals surface area contributed by atoms with Gasteiger partial charge in [0.1, 0.15) is 5.75 Å². The van der Waals surface area contributed by atoms with Crippen LogP contribution in [0.5, 0.6) is 5.75 Å². The van der Waals surface area contributed by atoms with Crippen molar-refractivity contribution >= 4 is 11.8 Å². The predicted molar refractivity (Wildman–Crippen MR) is 140 cm³/mol. The molecule has 4 aromatic rings. The Morgan fingerprint density at radius 2 is 1.66 bits per heavy atom. The van der Waals surface area contributed by atoms with Crippen LogP contribution in [0, 0.1) is 17.8 Å². The zero-order valence-electron chi connectivity index (χ0n) is 19.5. The second-order valence-electron chi connectivity index (χ2n) is 7.96. The predicted octanol–water partition coefficient (Wildman–Crippen LogP) is 5.64. The van der Waals surface area contributed by atoms with Crippen LogP contribution in [0.4, 0.5) is 0 Å². The largest absolute Gasteiger partial charge is 0.493 e. The molecule has 1 unspecified atom stereocenters. The zero-order chi connectivity index (χ0) is 24.1. The van der Waals surface area contributed by atoms with Crippen LogP contribution in [0.15, 0.2) is 89.3 Å². The Hall–Kier alpha value is -3.53. The number of hydrogen-bond donors (Lipinski definition) is 1. The van der Waals surface area contributed by atoms with Gasteiger partial charge in [-0.2, -0.15) is 0 Å². The number of aliphatic hydroxyl groups is 1. The first-order valence-corrected chi connectivity index (χ1v) is 12.8. The molecule has 0 bridgehead atoms. The Balaban J connectivity index is 1.27. The van der Waals surface area contributed by atoms with Crippen LogP contribution in [0.2, 0.25) is 0 Å². The van der Waals surface area contributed by atoms with Gasteiger partial charge < -0.3 is 14.3 Å². The normalized spacial score (nSPS) is 11.5. The third-order valence-corrected chi connectivity index (χ3v) is 6.19. The number of rotatable bonds is 11. The molecule has 0 fully saturated rings. The van der Waals surface area contributed by atoms with E-state index >= 15 is 0 Å². The van der Waals surface area contributed by atoms with E-state index in [0.717, 1.165) is 29.1 Å². The van der Waals surface area contributed by atoms with Gasteiger partial charge in [-0.05, 0) is 54.8 Å². The van der Waals surface area contributed by atoms with Crippen LogP contribution >= 0.6 is 11.8 Å². The van der Waals surface area contributed by atoms with Gasteiger partial charge in [-0.15, -0.1) is 22.0 Å². The van der Waals surface area contributed by atoms with Crippen molar-refractivity contribution in [1.29, 1.82) is 0 Å². The number of aliphatic hydroxyl groups excluding tert-OH is 1. The first-order valence-electron chi connectivity index (χ1n) is 11.6. The average Bonchev–Trinajstić information content (AvgIpc) is 3.38. The third kappa shape index (κ3) is 8.03. The maximum Gasteiger partial charge on any atom is 0.247 e. The molecule has 0 saturated heterocycles. The molecule has 1 heterocycles. The van der Waals surface area contributed by atoms with Crippen molar-refractivity contribution in [1.82, 2.24) is 10.2 Å². The minimum atomic E-state index is 0.108. The lowest BCUT2D eigenvalue weighted by molar-refractivity contribution is 0.271. The first-order chi connectivity index (χ1) is 17.3. The molecule has 0 aliphatic rings. The van der Waals surface area contributed by atoms with Crippen molar-refractivity contribution in [3.63, 3.8) is 0 Å². The van der Waals surface area contributed by atoms with E-state index in [1.807, 2.05) is 72.8 Å². The standard InChI is InChI=1S/C29H28N2O3S/c32-18-17-25(21-24-7-3-1-4-8-24)12-11-23-13-15-26(16-14-23)29-31-30-28(34-29)22-35-20-19-33-27-9-5-2-6-10-27/h1-10,13-16,25,32H,17-22H2. The molecule has 4 rings (SSSR count). The quantitative estimate of drug-likeness (QED) is 0.219. The highest BCUT2D eigenvalue weighted by atomic mass is 32.2. The molecule has 0 aliphatic heterocycles. The van der Waals surface area contributed by atoms with Crippen molar-refractivity contribution in [3.8, 4) is 29.0 Å². The van der Waals surface area contributed by atoms with Crippen molar-refractivity contribution in [3.05, 3.63) is 102 Å². The highest BCUT2D eigenvalue weighted by molar-refractivity contribution is 7.98. The van der Waals surface area contributed by atoms with E-state index in [2.05, 4.69) is 34.2 Å². The molecule has 0 aliphatic carbocycles. The third-order valence-electron chi connectivity index (χ3n) is 5.29. The van der Waals surface area contributed by atoms with Gasteiger partial charge in [-0.1, -0.05) is 60.4 Å². The number of hydrogen-bond acceptors (Lipinski definition) is 6. The van der Waals surface area contributed by atoms with Gasteiger partial charge in [-0.25, -0.2) is 0 Å². The fourth-order valence-electron chi connectivity index (χ4n) is 3.48. The Bertz CT molecular complexity index is 1220. The second kappa shape index (κ2) is 13.4. The van der Waals surface area contributed by atoms with Crippen LogP contribution in [0.25, 0.3) is 11.5 Å². The number of nitrogens with zero attached hydrogens (tertiary/aromatic N) is 2. The van der Waals surface area contributed by atoms with Gasteiger partial charge in [0.05, 0.1) is 12.4 Å². The molecule has 35 heavy (non-hydrogen) atoms. The Kier molecular flexibility index (Phi) is 9.40. The van der Waals surface area contributed by atoms with Gasteiger partial charge in [0.15, 0.2) is 0 Å². The monoisotopic (exact) mass is 484 g/mol. The highest BCUT2D eigenvalue weighted by Gasteiger charge is 2.09. The molecule has 178 valence electrons. The van der Waals surface area contributed by atoms with Crippen LogP contribution in [-0.2, 0) is 12.2 Å². The summed E-state index contributed by atoms with van der Waals surface area (Å²) in [6.07, 6.45) is 1.48. The van der Waals surface area contributed by atoms with E-state index in [9.17, 15) is 5.11 Å². The second-order valence-corrected chi connectivity index (χ2v) is 9.07. The summed E-state index contributed by atoms with van der Waals surface area (Å²) in [6.45, 7) is 0.756. The molecule has 1 N–H and O–H groups in total. The molecule has 1 atom stereocenters. The smallest absolute Gasteiger partial charge is 0.247 e. The fraction of sp³-hybridized carbons (Fsp3) is 0.241. The maximum atomic E-state index is 9.41. The zero-order valence-corrected chi connectivity index (χ0v) is 20.3. The topological polar surface area (TPSA) is 68.4 Å². The molecular weight excluding hydrogens is 456 g/mol. The van der Waals surface area contributed by atoms with Gasteiger partial charge in [0.2, 0.25) is 11.8 Å². The average molecular weight is 485 g/mol. The summed E-state index contributed by atoms with van der Waals surface area (Å²) in [4.78, 5) is 0. The summed E-state index contributed by atoms with van der Waals surface area (Å²) in [5, 5.41) is 17.7. The Morgan fingerprint density at radius 3 is 2.40 bits per heavy atom. The number of ether oxygens (including phenoxy) is 1. The van der Waals surface area contributed by atoms with E-state index in [1.54, 1.807) is 11.8 Å². The molecule has 0 saturated carbocycles. The van der Waals surface area contributed by atoms with Crippen LogP contribution in [-0.4, -0.2) is 34.3 Å². The van der Waals surface area contributed by atoms with Gasteiger partial charge in [0, 0.05) is 29.4 Å². The number of para-hydroxylation sites is 1. The van der Waals surface area contributed by atoms with E-state index < -0.39 is 0 Å². The van der Waals surface area contributed by atoms with E-state index in [0.29, 0.717) is 30.6 Å². The number of aromatic nitrogens is 2. The van der Waals surface area contributed by atoms with Crippen molar-refractivity contribution in [2.24, 2.45) is 5.92 Å². The van der Waals surface area contributed by atoms with Gasteiger partial charge in [-0.3, -0.25) is 0 Å². The molecule has 0 spiro atoms. The summed E-state index contributed by atoms with van der Waals surface area (Å²) < 4.78 is 11.5. The minimum Gasteiger partial charge on any atom is -0.493 e. The van der Waals surface area contributed by atoms with Crippen LogP contribution in [0.3, 0.4) is 0 Å². The van der Waals surface area contributed by atoms with E-state index in [4.69, 9.17) is 9.15 Å². The lowest BCUT2D eigenvalue weighted by Gasteiger charge is -2.08. The summed E-state index contributed by atoms with van der Waals surface area (Å²) in [7, 11) is 0. The highest BCUT2D eigenvalue weighted by Crippen LogP contribution is 2.21. The SMILES string of the molecule is OCCC(C#Cc1ccc(-c2nnc(CSCCOc3ccccc3)o2)cc1)Cc1ccccc1. The lowest BCUT2D eigenvalue weighted by Crippen LogP contribution is -2.04. The summed E-state index contributed by atoms with van der Waals surface area (Å²) in [5.41, 5.74) is 3.01. The van der Waals surface area contributed by atoms with Gasteiger partial charge in [0.25, 0.3) is 0 Å².